The highest BCUT2D eigenvalue weighted by Gasteiger charge is 2.34. The molecule has 0 atom stereocenters. The number of rotatable bonds is 6. The Bertz CT molecular complexity index is 899. The smallest absolute Gasteiger partial charge is 0.295 e. The topological polar surface area (TPSA) is 67.9 Å². The van der Waals surface area contributed by atoms with E-state index >= 15 is 0 Å². The number of hydrogen-bond donors (Lipinski definition) is 1. The van der Waals surface area contributed by atoms with Gasteiger partial charge in [-0.2, -0.15) is 0 Å². The van der Waals surface area contributed by atoms with Crippen molar-refractivity contribution < 1.29 is 19.1 Å². The number of ether oxygens (including phenoxy) is 2. The van der Waals surface area contributed by atoms with Crippen molar-refractivity contribution >= 4 is 46.3 Å². The zero-order valence-electron chi connectivity index (χ0n) is 14.7. The molecule has 0 aromatic heterocycles. The summed E-state index contributed by atoms with van der Waals surface area (Å²) in [6, 6.07) is 12.4. The van der Waals surface area contributed by atoms with Crippen molar-refractivity contribution in [1.82, 2.24) is 4.90 Å². The summed E-state index contributed by atoms with van der Waals surface area (Å²) in [5.41, 5.74) is 1.50. The lowest BCUT2D eigenvalue weighted by atomic mass is 10.2. The quantitative estimate of drug-likeness (QED) is 0.717. The molecule has 0 saturated carbocycles. The maximum absolute atomic E-state index is 12.5. The maximum Gasteiger partial charge on any atom is 0.295 e. The third-order valence-corrected chi connectivity index (χ3v) is 5.08. The molecule has 8 heteroatoms. The molecule has 6 nitrogen and oxygen atoms in total. The van der Waals surface area contributed by atoms with E-state index in [1.165, 1.54) is 7.11 Å². The number of benzene rings is 2. The number of hydrogen-bond acceptors (Lipinski definition) is 6. The lowest BCUT2D eigenvalue weighted by molar-refractivity contribution is -0.122. The van der Waals surface area contributed by atoms with Gasteiger partial charge in [-0.1, -0.05) is 23.7 Å². The SMILES string of the molecule is COc1ccc(/C=C2/SC(=O)N(CNc3ccc(OC)c(Cl)c3)C2=O)cc1. The highest BCUT2D eigenvalue weighted by molar-refractivity contribution is 8.18. The number of nitrogens with one attached hydrogen (secondary N) is 1. The van der Waals surface area contributed by atoms with Crippen LogP contribution in [0.2, 0.25) is 5.02 Å². The molecule has 3 rings (SSSR count). The fourth-order valence-corrected chi connectivity index (χ4v) is 3.53. The van der Waals surface area contributed by atoms with E-state index in [1.54, 1.807) is 43.5 Å². The molecule has 27 heavy (non-hydrogen) atoms. The zero-order chi connectivity index (χ0) is 19.4. The van der Waals surface area contributed by atoms with Gasteiger partial charge in [0.2, 0.25) is 0 Å². The fraction of sp³-hybridized carbons (Fsp3) is 0.158. The minimum absolute atomic E-state index is 0.0489. The summed E-state index contributed by atoms with van der Waals surface area (Å²) in [6.45, 7) is 0.0489. The van der Waals surface area contributed by atoms with Crippen molar-refractivity contribution in [2.75, 3.05) is 26.2 Å². The molecule has 2 amide bonds. The van der Waals surface area contributed by atoms with Gasteiger partial charge in [-0.25, -0.2) is 0 Å². The van der Waals surface area contributed by atoms with E-state index in [4.69, 9.17) is 21.1 Å². The molecular formula is C19H17ClN2O4S. The first kappa shape index (κ1) is 19.1. The Kier molecular flexibility index (Phi) is 5.93. The Labute approximate surface area is 166 Å². The summed E-state index contributed by atoms with van der Waals surface area (Å²) < 4.78 is 10.2. The van der Waals surface area contributed by atoms with Crippen LogP contribution in [0.4, 0.5) is 10.5 Å². The number of anilines is 1. The lowest BCUT2D eigenvalue weighted by Gasteiger charge is -2.15. The molecule has 140 valence electrons. The van der Waals surface area contributed by atoms with E-state index in [2.05, 4.69) is 5.32 Å². The first-order valence-electron chi connectivity index (χ1n) is 7.98. The first-order chi connectivity index (χ1) is 13.0. The normalized spacial score (nSPS) is 15.4. The summed E-state index contributed by atoms with van der Waals surface area (Å²) in [5, 5.41) is 3.14. The summed E-state index contributed by atoms with van der Waals surface area (Å²) in [6.07, 6.45) is 1.69. The van der Waals surface area contributed by atoms with E-state index in [-0.39, 0.29) is 17.8 Å². The molecule has 1 N–H and O–H groups in total. The average molecular weight is 405 g/mol. The molecular weight excluding hydrogens is 388 g/mol. The second-order valence-corrected chi connectivity index (χ2v) is 6.97. The number of halogens is 1. The Morgan fingerprint density at radius 1 is 1.11 bits per heavy atom. The predicted molar refractivity (Wildman–Crippen MR) is 107 cm³/mol. The number of carbonyl (C=O) groups is 2. The minimum atomic E-state index is -0.340. The molecule has 1 heterocycles. The molecule has 0 aliphatic carbocycles. The van der Waals surface area contributed by atoms with Crippen LogP contribution in [-0.2, 0) is 4.79 Å². The van der Waals surface area contributed by atoms with Crippen molar-refractivity contribution in [1.29, 1.82) is 0 Å². The van der Waals surface area contributed by atoms with Gasteiger partial charge < -0.3 is 14.8 Å². The second-order valence-electron chi connectivity index (χ2n) is 5.57. The van der Waals surface area contributed by atoms with Gasteiger partial charge >= 0.3 is 0 Å². The highest BCUT2D eigenvalue weighted by atomic mass is 35.5. The van der Waals surface area contributed by atoms with E-state index in [0.29, 0.717) is 21.4 Å². The molecule has 1 aliphatic rings. The van der Waals surface area contributed by atoms with Crippen LogP contribution in [0, 0.1) is 0 Å². The third kappa shape index (κ3) is 4.37. The van der Waals surface area contributed by atoms with Crippen LogP contribution in [0.3, 0.4) is 0 Å². The minimum Gasteiger partial charge on any atom is -0.497 e. The van der Waals surface area contributed by atoms with Crippen LogP contribution in [0.15, 0.2) is 47.4 Å². The Morgan fingerprint density at radius 2 is 1.85 bits per heavy atom. The van der Waals surface area contributed by atoms with Gasteiger partial charge in [0.15, 0.2) is 0 Å². The standard InChI is InChI=1S/C19H17ClN2O4S/c1-25-14-6-3-12(4-7-14)9-17-18(23)22(19(24)27-17)11-21-13-5-8-16(26-2)15(20)10-13/h3-10,21H,11H2,1-2H3/b17-9+. The van der Waals surface area contributed by atoms with Crippen molar-refractivity contribution in [3.63, 3.8) is 0 Å². The maximum atomic E-state index is 12.5. The van der Waals surface area contributed by atoms with Crippen LogP contribution < -0.4 is 14.8 Å². The number of imide groups is 1. The van der Waals surface area contributed by atoms with Crippen molar-refractivity contribution in [2.45, 2.75) is 0 Å². The van der Waals surface area contributed by atoms with Crippen LogP contribution in [-0.4, -0.2) is 36.9 Å². The molecule has 0 unspecified atom stereocenters. The van der Waals surface area contributed by atoms with Gasteiger partial charge in [0.1, 0.15) is 11.5 Å². The number of thioether (sulfide) groups is 1. The molecule has 2 aromatic carbocycles. The lowest BCUT2D eigenvalue weighted by Crippen LogP contribution is -2.33. The Morgan fingerprint density at radius 3 is 2.48 bits per heavy atom. The first-order valence-corrected chi connectivity index (χ1v) is 9.18. The van der Waals surface area contributed by atoms with E-state index < -0.39 is 0 Å². The van der Waals surface area contributed by atoms with Gasteiger partial charge in [0.05, 0.1) is 30.8 Å². The number of amides is 2. The summed E-state index contributed by atoms with van der Waals surface area (Å²) in [4.78, 5) is 26.3. The Hall–Kier alpha value is -2.64. The van der Waals surface area contributed by atoms with Gasteiger partial charge in [-0.3, -0.25) is 14.5 Å². The summed E-state index contributed by atoms with van der Waals surface area (Å²) >= 11 is 6.99. The van der Waals surface area contributed by atoms with Crippen LogP contribution in [0.25, 0.3) is 6.08 Å². The van der Waals surface area contributed by atoms with Crippen molar-refractivity contribution in [3.05, 3.63) is 58.0 Å². The van der Waals surface area contributed by atoms with Gasteiger partial charge in [0.25, 0.3) is 11.1 Å². The van der Waals surface area contributed by atoms with E-state index in [0.717, 1.165) is 28.0 Å². The highest BCUT2D eigenvalue weighted by Crippen LogP contribution is 2.33. The summed E-state index contributed by atoms with van der Waals surface area (Å²) in [5.74, 6) is 0.936. The molecule has 1 fully saturated rings. The number of methoxy groups -OCH3 is 2. The second kappa shape index (κ2) is 8.37. The molecule has 0 spiro atoms. The zero-order valence-corrected chi connectivity index (χ0v) is 16.3. The predicted octanol–water partition coefficient (Wildman–Crippen LogP) is 4.46. The van der Waals surface area contributed by atoms with Crippen LogP contribution in [0.1, 0.15) is 5.56 Å². The Balaban J connectivity index is 1.68. The molecule has 1 aliphatic heterocycles. The molecule has 0 radical (unpaired) electrons. The van der Waals surface area contributed by atoms with Crippen LogP contribution >= 0.6 is 23.4 Å². The van der Waals surface area contributed by atoms with Crippen molar-refractivity contribution in [2.24, 2.45) is 0 Å². The van der Waals surface area contributed by atoms with Gasteiger partial charge in [-0.15, -0.1) is 0 Å². The van der Waals surface area contributed by atoms with E-state index in [1.807, 2.05) is 12.1 Å². The number of nitrogens with zero attached hydrogens (tertiary/aromatic N) is 1. The fourth-order valence-electron chi connectivity index (χ4n) is 2.43. The third-order valence-electron chi connectivity index (χ3n) is 3.88. The van der Waals surface area contributed by atoms with Gasteiger partial charge in [-0.05, 0) is 53.7 Å². The van der Waals surface area contributed by atoms with Crippen molar-refractivity contribution in [3.8, 4) is 11.5 Å². The summed E-state index contributed by atoms with van der Waals surface area (Å²) in [7, 11) is 3.12. The van der Waals surface area contributed by atoms with E-state index in [9.17, 15) is 9.59 Å². The van der Waals surface area contributed by atoms with Crippen LogP contribution in [0.5, 0.6) is 11.5 Å². The average Bonchev–Trinajstić information content (AvgIpc) is 2.94. The molecule has 1 saturated heterocycles. The monoisotopic (exact) mass is 404 g/mol. The molecule has 2 aromatic rings. The molecule has 0 bridgehead atoms. The number of carbonyl (C=O) groups excluding carboxylic acids is 2. The largest absolute Gasteiger partial charge is 0.497 e. The van der Waals surface area contributed by atoms with Gasteiger partial charge in [0, 0.05) is 5.69 Å².